The number of amides is 2. The lowest BCUT2D eigenvalue weighted by Crippen LogP contribution is -2.38. The summed E-state index contributed by atoms with van der Waals surface area (Å²) in [6, 6.07) is 10.7. The largest absolute Gasteiger partial charge is 0.486 e. The molecule has 0 radical (unpaired) electrons. The fourth-order valence-electron chi connectivity index (χ4n) is 3.47. The molecule has 10 heteroatoms. The van der Waals surface area contributed by atoms with Gasteiger partial charge in [0.25, 0.3) is 5.91 Å². The number of anilines is 1. The van der Waals surface area contributed by atoms with Crippen molar-refractivity contribution in [3.63, 3.8) is 0 Å². The van der Waals surface area contributed by atoms with Gasteiger partial charge in [-0.1, -0.05) is 6.92 Å². The summed E-state index contributed by atoms with van der Waals surface area (Å²) >= 11 is 1.27. The molecule has 1 aliphatic rings. The average Bonchev–Trinajstić information content (AvgIpc) is 3.34. The topological polar surface area (TPSA) is 67.9 Å². The van der Waals surface area contributed by atoms with Gasteiger partial charge in [0.15, 0.2) is 29.0 Å². The Balaban J connectivity index is 1.47. The Kier molecular flexibility index (Phi) is 7.06. The van der Waals surface area contributed by atoms with Gasteiger partial charge in [0, 0.05) is 11.4 Å². The van der Waals surface area contributed by atoms with Crippen LogP contribution >= 0.6 is 11.3 Å². The molecule has 34 heavy (non-hydrogen) atoms. The zero-order valence-corrected chi connectivity index (χ0v) is 19.0. The highest BCUT2D eigenvalue weighted by Gasteiger charge is 2.22. The maximum Gasteiger partial charge on any atom is 0.264 e. The first-order valence-corrected chi connectivity index (χ1v) is 11.4. The minimum Gasteiger partial charge on any atom is -0.486 e. The molecule has 1 aromatic heterocycles. The number of hydrogen-bond donors (Lipinski definition) is 1. The minimum absolute atomic E-state index is 0.282. The number of carbonyl (C=O) groups is 2. The fourth-order valence-corrected chi connectivity index (χ4v) is 4.44. The monoisotopic (exact) mass is 490 g/mol. The van der Waals surface area contributed by atoms with E-state index in [9.17, 15) is 22.8 Å². The van der Waals surface area contributed by atoms with E-state index in [4.69, 9.17) is 9.47 Å². The minimum atomic E-state index is -1.68. The zero-order valence-electron chi connectivity index (χ0n) is 18.2. The normalized spacial score (nSPS) is 12.4. The van der Waals surface area contributed by atoms with Crippen molar-refractivity contribution < 1.29 is 32.2 Å². The van der Waals surface area contributed by atoms with Crippen molar-refractivity contribution in [2.45, 2.75) is 13.3 Å². The number of benzene rings is 2. The van der Waals surface area contributed by atoms with Crippen molar-refractivity contribution in [1.29, 1.82) is 0 Å². The van der Waals surface area contributed by atoms with Gasteiger partial charge in [0.2, 0.25) is 5.91 Å². The van der Waals surface area contributed by atoms with Crippen molar-refractivity contribution in [3.05, 3.63) is 64.8 Å². The van der Waals surface area contributed by atoms with E-state index in [1.807, 2.05) is 31.2 Å². The number of fused-ring (bicyclic) bond motifs is 1. The predicted molar refractivity (Wildman–Crippen MR) is 122 cm³/mol. The quantitative estimate of drug-likeness (QED) is 0.469. The molecule has 0 saturated heterocycles. The highest BCUT2D eigenvalue weighted by Crippen LogP contribution is 2.37. The molecule has 0 spiro atoms. The fraction of sp³-hybridized carbons (Fsp3) is 0.250. The Morgan fingerprint density at radius 1 is 1.00 bits per heavy atom. The number of nitrogens with one attached hydrogen (secondary N) is 1. The number of halogens is 3. The van der Waals surface area contributed by atoms with Gasteiger partial charge in [-0.2, -0.15) is 0 Å². The molecule has 2 amide bonds. The van der Waals surface area contributed by atoms with E-state index in [0.717, 1.165) is 16.5 Å². The number of carbonyl (C=O) groups excluding carboxylic acids is 2. The summed E-state index contributed by atoms with van der Waals surface area (Å²) in [5, 5.41) is 2.20. The second-order valence-corrected chi connectivity index (χ2v) is 8.60. The van der Waals surface area contributed by atoms with Crippen molar-refractivity contribution in [2.75, 3.05) is 31.6 Å². The SMILES string of the molecule is CCCN(CC(=O)Nc1ccc(F)c(F)c1F)C(=O)c1ccc(-c2ccc3c(c2)OCCO3)s1. The zero-order chi connectivity index (χ0) is 24.2. The lowest BCUT2D eigenvalue weighted by Gasteiger charge is -2.21. The van der Waals surface area contributed by atoms with Gasteiger partial charge in [-0.05, 0) is 54.4 Å². The number of thiophene rings is 1. The molecule has 3 aromatic rings. The molecule has 6 nitrogen and oxygen atoms in total. The van der Waals surface area contributed by atoms with Gasteiger partial charge in [-0.3, -0.25) is 9.59 Å². The average molecular weight is 491 g/mol. The molecule has 0 unspecified atom stereocenters. The van der Waals surface area contributed by atoms with Gasteiger partial charge in [-0.25, -0.2) is 13.2 Å². The third kappa shape index (κ3) is 5.01. The molecule has 1 N–H and O–H groups in total. The van der Waals surface area contributed by atoms with Crippen LogP contribution in [-0.2, 0) is 4.79 Å². The summed E-state index contributed by atoms with van der Waals surface area (Å²) in [7, 11) is 0. The molecular weight excluding hydrogens is 469 g/mol. The van der Waals surface area contributed by atoms with Crippen LogP contribution < -0.4 is 14.8 Å². The van der Waals surface area contributed by atoms with Crippen LogP contribution in [0.1, 0.15) is 23.0 Å². The molecule has 178 valence electrons. The van der Waals surface area contributed by atoms with Gasteiger partial charge in [0.05, 0.1) is 10.6 Å². The highest BCUT2D eigenvalue weighted by atomic mass is 32.1. The molecule has 0 bridgehead atoms. The third-order valence-corrected chi connectivity index (χ3v) is 6.19. The van der Waals surface area contributed by atoms with Crippen LogP contribution in [0, 0.1) is 17.5 Å². The lowest BCUT2D eigenvalue weighted by atomic mass is 10.1. The highest BCUT2D eigenvalue weighted by molar-refractivity contribution is 7.17. The molecule has 0 atom stereocenters. The lowest BCUT2D eigenvalue weighted by molar-refractivity contribution is -0.116. The van der Waals surface area contributed by atoms with Crippen molar-refractivity contribution in [2.24, 2.45) is 0 Å². The first kappa shape index (κ1) is 23.6. The smallest absolute Gasteiger partial charge is 0.264 e. The molecule has 4 rings (SSSR count). The van der Waals surface area contributed by atoms with E-state index < -0.39 is 29.0 Å². The number of ether oxygens (including phenoxy) is 2. The Bertz CT molecular complexity index is 1230. The second-order valence-electron chi connectivity index (χ2n) is 7.52. The Morgan fingerprint density at radius 3 is 2.53 bits per heavy atom. The molecule has 1 aliphatic heterocycles. The summed E-state index contributed by atoms with van der Waals surface area (Å²) in [5.74, 6) is -4.32. The van der Waals surface area contributed by atoms with Gasteiger partial charge >= 0.3 is 0 Å². The Morgan fingerprint density at radius 2 is 1.76 bits per heavy atom. The van der Waals surface area contributed by atoms with E-state index >= 15 is 0 Å². The van der Waals surface area contributed by atoms with Crippen LogP contribution in [0.3, 0.4) is 0 Å². The van der Waals surface area contributed by atoms with E-state index in [1.165, 1.54) is 16.2 Å². The van der Waals surface area contributed by atoms with Crippen LogP contribution in [0.2, 0.25) is 0 Å². The molecule has 2 aromatic carbocycles. The van der Waals surface area contributed by atoms with Crippen molar-refractivity contribution >= 4 is 28.8 Å². The van der Waals surface area contributed by atoms with Crippen LogP contribution in [0.15, 0.2) is 42.5 Å². The summed E-state index contributed by atoms with van der Waals surface area (Å²) < 4.78 is 51.6. The third-order valence-electron chi connectivity index (χ3n) is 5.07. The number of hydrogen-bond acceptors (Lipinski definition) is 5. The maximum absolute atomic E-state index is 13.9. The van der Waals surface area contributed by atoms with Crippen molar-refractivity contribution in [1.82, 2.24) is 4.90 Å². The standard InChI is InChI=1S/C24H21F3N2O4S/c1-2-9-29(13-21(30)28-16-5-4-15(25)22(26)23(16)27)24(31)20-8-7-19(34-20)14-3-6-17-18(12-14)33-11-10-32-17/h3-8,12H,2,9-11,13H2,1H3,(H,28,30). The first-order valence-electron chi connectivity index (χ1n) is 10.6. The van der Waals surface area contributed by atoms with Crippen LogP contribution in [0.5, 0.6) is 11.5 Å². The summed E-state index contributed by atoms with van der Waals surface area (Å²) in [5.41, 5.74) is 0.367. The predicted octanol–water partition coefficient (Wildman–Crippen LogP) is 5.09. The molecule has 0 aliphatic carbocycles. The maximum atomic E-state index is 13.9. The van der Waals surface area contributed by atoms with Crippen LogP contribution in [-0.4, -0.2) is 43.0 Å². The molecule has 0 saturated carbocycles. The van der Waals surface area contributed by atoms with E-state index in [2.05, 4.69) is 5.32 Å². The summed E-state index contributed by atoms with van der Waals surface area (Å²) in [6.07, 6.45) is 0.582. The van der Waals surface area contributed by atoms with Gasteiger partial charge in [0.1, 0.15) is 19.8 Å². The van der Waals surface area contributed by atoms with Crippen LogP contribution in [0.25, 0.3) is 10.4 Å². The molecule has 0 fully saturated rings. The number of rotatable bonds is 7. The summed E-state index contributed by atoms with van der Waals surface area (Å²) in [4.78, 5) is 28.1. The summed E-state index contributed by atoms with van der Waals surface area (Å²) in [6.45, 7) is 2.72. The van der Waals surface area contributed by atoms with E-state index in [1.54, 1.807) is 6.07 Å². The Hall–Kier alpha value is -3.53. The second kappa shape index (κ2) is 10.2. The van der Waals surface area contributed by atoms with E-state index in [0.29, 0.717) is 42.1 Å². The first-order chi connectivity index (χ1) is 16.4. The van der Waals surface area contributed by atoms with Gasteiger partial charge in [-0.15, -0.1) is 11.3 Å². The molecule has 2 heterocycles. The van der Waals surface area contributed by atoms with E-state index in [-0.39, 0.29) is 19.0 Å². The number of nitrogens with zero attached hydrogens (tertiary/aromatic N) is 1. The van der Waals surface area contributed by atoms with Crippen molar-refractivity contribution in [3.8, 4) is 21.9 Å². The van der Waals surface area contributed by atoms with Crippen LogP contribution in [0.4, 0.5) is 18.9 Å². The van der Waals surface area contributed by atoms with Gasteiger partial charge < -0.3 is 19.7 Å². The Labute approximate surface area is 197 Å². The molecular formula is C24H21F3N2O4S.